The Labute approximate surface area is 73.9 Å². The van der Waals surface area contributed by atoms with Gasteiger partial charge in [-0.3, -0.25) is 14.3 Å². The molecule has 1 rings (SSSR count). The Kier molecular flexibility index (Phi) is 2.99. The average Bonchev–Trinajstić information content (AvgIpc) is 2.09. The topological polar surface area (TPSA) is 90.1 Å². The third-order valence-electron chi connectivity index (χ3n) is 1.64. The van der Waals surface area contributed by atoms with Crippen molar-refractivity contribution in [3.8, 4) is 0 Å². The monoisotopic (exact) mass is 185 g/mol. The van der Waals surface area contributed by atoms with Gasteiger partial charge in [0.1, 0.15) is 0 Å². The molecule has 0 spiro atoms. The number of nitrogens with zero attached hydrogens (tertiary/aromatic N) is 1. The van der Waals surface area contributed by atoms with E-state index in [1.54, 1.807) is 6.92 Å². The van der Waals surface area contributed by atoms with Gasteiger partial charge in [0.15, 0.2) is 0 Å². The Balaban J connectivity index is 3.02. The van der Waals surface area contributed by atoms with E-state index >= 15 is 0 Å². The number of aryl methyl sites for hydroxylation is 1. The van der Waals surface area contributed by atoms with Crippen molar-refractivity contribution < 1.29 is 4.84 Å². The second-order valence-electron chi connectivity index (χ2n) is 2.64. The van der Waals surface area contributed by atoms with Crippen molar-refractivity contribution in [3.05, 3.63) is 32.6 Å². The Morgan fingerprint density at radius 2 is 2.31 bits per heavy atom. The van der Waals surface area contributed by atoms with Crippen LogP contribution >= 0.6 is 0 Å². The summed E-state index contributed by atoms with van der Waals surface area (Å²) < 4.78 is 1.34. The molecule has 72 valence electrons. The number of nitrogens with one attached hydrogen (secondary N) is 1. The van der Waals surface area contributed by atoms with E-state index in [4.69, 9.17) is 5.90 Å². The second-order valence-corrected chi connectivity index (χ2v) is 2.64. The van der Waals surface area contributed by atoms with Crippen LogP contribution < -0.4 is 17.1 Å². The van der Waals surface area contributed by atoms with Gasteiger partial charge in [-0.15, -0.1) is 0 Å². The van der Waals surface area contributed by atoms with Crippen molar-refractivity contribution in [2.45, 2.75) is 13.5 Å². The standard InChI is InChI=1S/C7H11N3O3/c1-5-4-10(2-3-13-8)7(12)9-6(5)11/h4H,2-3,8H2,1H3,(H,9,11,12). The molecule has 0 aliphatic heterocycles. The minimum absolute atomic E-state index is 0.228. The van der Waals surface area contributed by atoms with Gasteiger partial charge in [0.05, 0.1) is 13.2 Å². The third-order valence-corrected chi connectivity index (χ3v) is 1.64. The molecule has 0 aromatic carbocycles. The molecule has 0 amide bonds. The number of rotatable bonds is 3. The predicted octanol–water partition coefficient (Wildman–Crippen LogP) is -1.26. The molecule has 0 unspecified atom stereocenters. The highest BCUT2D eigenvalue weighted by Crippen LogP contribution is 1.83. The molecule has 0 radical (unpaired) electrons. The van der Waals surface area contributed by atoms with Crippen LogP contribution in [0.15, 0.2) is 15.8 Å². The van der Waals surface area contributed by atoms with Crippen LogP contribution in [-0.4, -0.2) is 16.2 Å². The van der Waals surface area contributed by atoms with Gasteiger partial charge >= 0.3 is 5.69 Å². The molecular formula is C7H11N3O3. The zero-order valence-corrected chi connectivity index (χ0v) is 7.24. The fraction of sp³-hybridized carbons (Fsp3) is 0.429. The molecule has 0 bridgehead atoms. The summed E-state index contributed by atoms with van der Waals surface area (Å²) in [7, 11) is 0. The summed E-state index contributed by atoms with van der Waals surface area (Å²) in [4.78, 5) is 28.5. The van der Waals surface area contributed by atoms with Crippen LogP contribution in [0.25, 0.3) is 0 Å². The molecular weight excluding hydrogens is 174 g/mol. The van der Waals surface area contributed by atoms with Gasteiger partial charge in [0.25, 0.3) is 5.56 Å². The number of aromatic amines is 1. The molecule has 0 saturated heterocycles. The molecule has 13 heavy (non-hydrogen) atoms. The minimum Gasteiger partial charge on any atom is -0.303 e. The summed E-state index contributed by atoms with van der Waals surface area (Å²) in [6.07, 6.45) is 1.47. The first-order valence-electron chi connectivity index (χ1n) is 3.77. The second kappa shape index (κ2) is 4.01. The van der Waals surface area contributed by atoms with Crippen molar-refractivity contribution in [2.24, 2.45) is 5.90 Å². The molecule has 3 N–H and O–H groups in total. The SMILES string of the molecule is Cc1cn(CCON)c(=O)[nH]c1=O. The van der Waals surface area contributed by atoms with E-state index in [9.17, 15) is 9.59 Å². The third kappa shape index (κ3) is 2.27. The molecule has 6 heteroatoms. The Morgan fingerprint density at radius 1 is 1.62 bits per heavy atom. The molecule has 1 aromatic rings. The molecule has 0 aliphatic carbocycles. The van der Waals surface area contributed by atoms with E-state index < -0.39 is 5.69 Å². The highest BCUT2D eigenvalue weighted by atomic mass is 16.6. The van der Waals surface area contributed by atoms with Gasteiger partial charge in [-0.2, -0.15) is 0 Å². The molecule has 0 aliphatic rings. The van der Waals surface area contributed by atoms with Gasteiger partial charge in [-0.05, 0) is 6.92 Å². The summed E-state index contributed by atoms with van der Waals surface area (Å²) in [5, 5.41) is 0. The first kappa shape index (κ1) is 9.69. The summed E-state index contributed by atoms with van der Waals surface area (Å²) in [6, 6.07) is 0. The van der Waals surface area contributed by atoms with Crippen molar-refractivity contribution in [2.75, 3.05) is 6.61 Å². The summed E-state index contributed by atoms with van der Waals surface area (Å²) >= 11 is 0. The Morgan fingerprint density at radius 3 is 2.92 bits per heavy atom. The predicted molar refractivity (Wildman–Crippen MR) is 46.2 cm³/mol. The van der Waals surface area contributed by atoms with E-state index in [1.165, 1.54) is 10.8 Å². The van der Waals surface area contributed by atoms with Crippen molar-refractivity contribution in [1.29, 1.82) is 0 Å². The van der Waals surface area contributed by atoms with Crippen LogP contribution in [0.2, 0.25) is 0 Å². The molecule has 6 nitrogen and oxygen atoms in total. The lowest BCUT2D eigenvalue weighted by atomic mass is 10.4. The number of H-pyrrole nitrogens is 1. The van der Waals surface area contributed by atoms with Crippen LogP contribution in [0.4, 0.5) is 0 Å². The lowest BCUT2D eigenvalue weighted by molar-refractivity contribution is 0.128. The van der Waals surface area contributed by atoms with E-state index in [0.717, 1.165) is 0 Å². The zero-order valence-electron chi connectivity index (χ0n) is 7.24. The summed E-state index contributed by atoms with van der Waals surface area (Å²) in [5.74, 6) is 4.81. The largest absolute Gasteiger partial charge is 0.328 e. The maximum absolute atomic E-state index is 11.1. The Hall–Kier alpha value is -1.40. The minimum atomic E-state index is -0.451. The number of hydrogen-bond acceptors (Lipinski definition) is 4. The van der Waals surface area contributed by atoms with Gasteiger partial charge in [-0.1, -0.05) is 0 Å². The summed E-state index contributed by atoms with van der Waals surface area (Å²) in [6.45, 7) is 2.18. The lowest BCUT2D eigenvalue weighted by Gasteiger charge is -2.03. The van der Waals surface area contributed by atoms with Crippen molar-refractivity contribution in [3.63, 3.8) is 0 Å². The van der Waals surface area contributed by atoms with Crippen LogP contribution in [-0.2, 0) is 11.4 Å². The van der Waals surface area contributed by atoms with Gasteiger partial charge in [0, 0.05) is 11.8 Å². The first-order chi connectivity index (χ1) is 6.15. The lowest BCUT2D eigenvalue weighted by Crippen LogP contribution is -2.32. The van der Waals surface area contributed by atoms with Crippen LogP contribution in [0.3, 0.4) is 0 Å². The quantitative estimate of drug-likeness (QED) is 0.575. The molecule has 0 fully saturated rings. The van der Waals surface area contributed by atoms with Gasteiger partial charge in [-0.25, -0.2) is 10.7 Å². The van der Waals surface area contributed by atoms with Crippen molar-refractivity contribution >= 4 is 0 Å². The zero-order chi connectivity index (χ0) is 9.84. The van der Waals surface area contributed by atoms with Gasteiger partial charge in [0.2, 0.25) is 0 Å². The highest BCUT2D eigenvalue weighted by molar-refractivity contribution is 5.00. The van der Waals surface area contributed by atoms with E-state index in [-0.39, 0.29) is 12.2 Å². The normalized spacial score (nSPS) is 10.3. The highest BCUT2D eigenvalue weighted by Gasteiger charge is 1.99. The van der Waals surface area contributed by atoms with Crippen molar-refractivity contribution in [1.82, 2.24) is 9.55 Å². The molecule has 1 heterocycles. The van der Waals surface area contributed by atoms with E-state index in [1.807, 2.05) is 0 Å². The smallest absolute Gasteiger partial charge is 0.303 e. The molecule has 1 aromatic heterocycles. The molecule has 0 atom stereocenters. The Bertz CT molecular complexity index is 393. The molecule has 0 saturated carbocycles. The van der Waals surface area contributed by atoms with E-state index in [2.05, 4.69) is 9.82 Å². The van der Waals surface area contributed by atoms with Crippen LogP contribution in [0.5, 0.6) is 0 Å². The van der Waals surface area contributed by atoms with E-state index in [0.29, 0.717) is 12.1 Å². The number of hydrogen-bond donors (Lipinski definition) is 2. The number of nitrogens with two attached hydrogens (primary N) is 1. The average molecular weight is 185 g/mol. The van der Waals surface area contributed by atoms with Gasteiger partial charge < -0.3 is 4.84 Å². The summed E-state index contributed by atoms with van der Waals surface area (Å²) in [5.41, 5.74) is -0.334. The fourth-order valence-corrected chi connectivity index (χ4v) is 0.936. The fourth-order valence-electron chi connectivity index (χ4n) is 0.936. The van der Waals surface area contributed by atoms with Crippen LogP contribution in [0.1, 0.15) is 5.56 Å². The first-order valence-corrected chi connectivity index (χ1v) is 3.77. The maximum atomic E-state index is 11.1. The number of aromatic nitrogens is 2. The maximum Gasteiger partial charge on any atom is 0.328 e. The van der Waals surface area contributed by atoms with Crippen LogP contribution in [0, 0.1) is 6.92 Å².